The van der Waals surface area contributed by atoms with E-state index in [1.807, 2.05) is 49.4 Å². The van der Waals surface area contributed by atoms with Gasteiger partial charge in [0.1, 0.15) is 12.1 Å². The average Bonchev–Trinajstić information content (AvgIpc) is 2.60. The van der Waals surface area contributed by atoms with Crippen molar-refractivity contribution in [1.82, 2.24) is 0 Å². The number of nitrogens with one attached hydrogen (secondary N) is 1. The van der Waals surface area contributed by atoms with Crippen LogP contribution in [0.1, 0.15) is 18.1 Å². The van der Waals surface area contributed by atoms with Gasteiger partial charge in [-0.1, -0.05) is 24.3 Å². The molecule has 0 bridgehead atoms. The lowest BCUT2D eigenvalue weighted by atomic mass is 10.2. The first kappa shape index (κ1) is 17.5. The molecule has 0 fully saturated rings. The molecular formula is C18H22N4O2. The van der Waals surface area contributed by atoms with Crippen LogP contribution in [0.3, 0.4) is 0 Å². The SMILES string of the molecule is CCOc1ccc(CN=CN=C(N)Nc2cccc(CO)c2)cc1. The smallest absolute Gasteiger partial charge is 0.199 e. The van der Waals surface area contributed by atoms with Gasteiger partial charge in [0, 0.05) is 5.69 Å². The van der Waals surface area contributed by atoms with Gasteiger partial charge in [-0.15, -0.1) is 0 Å². The lowest BCUT2D eigenvalue weighted by Gasteiger charge is -2.05. The average molecular weight is 326 g/mol. The van der Waals surface area contributed by atoms with E-state index in [9.17, 15) is 0 Å². The number of ether oxygens (including phenoxy) is 1. The van der Waals surface area contributed by atoms with Gasteiger partial charge in [0.05, 0.1) is 19.8 Å². The van der Waals surface area contributed by atoms with Crippen LogP contribution in [0.15, 0.2) is 58.5 Å². The largest absolute Gasteiger partial charge is 0.494 e. The maximum Gasteiger partial charge on any atom is 0.199 e. The van der Waals surface area contributed by atoms with Crippen LogP contribution in [0.2, 0.25) is 0 Å². The van der Waals surface area contributed by atoms with E-state index in [0.717, 1.165) is 22.6 Å². The fraction of sp³-hybridized carbons (Fsp3) is 0.222. The minimum absolute atomic E-state index is 0.0177. The highest BCUT2D eigenvalue weighted by molar-refractivity contribution is 5.96. The van der Waals surface area contributed by atoms with Crippen LogP contribution >= 0.6 is 0 Å². The van der Waals surface area contributed by atoms with Crippen LogP contribution in [0.25, 0.3) is 0 Å². The molecule has 6 heteroatoms. The first-order valence-corrected chi connectivity index (χ1v) is 7.71. The van der Waals surface area contributed by atoms with Gasteiger partial charge in [0.15, 0.2) is 5.96 Å². The van der Waals surface area contributed by atoms with Gasteiger partial charge >= 0.3 is 0 Å². The molecule has 0 aliphatic rings. The fourth-order valence-electron chi connectivity index (χ4n) is 2.03. The second kappa shape index (κ2) is 9.32. The van der Waals surface area contributed by atoms with E-state index in [-0.39, 0.29) is 12.6 Å². The molecular weight excluding hydrogens is 304 g/mol. The number of hydrogen-bond acceptors (Lipinski definition) is 3. The predicted octanol–water partition coefficient (Wildman–Crippen LogP) is 2.53. The van der Waals surface area contributed by atoms with Crippen molar-refractivity contribution in [3.05, 3.63) is 59.7 Å². The third-order valence-electron chi connectivity index (χ3n) is 3.17. The molecule has 24 heavy (non-hydrogen) atoms. The van der Waals surface area contributed by atoms with Crippen molar-refractivity contribution < 1.29 is 9.84 Å². The number of aliphatic hydroxyl groups excluding tert-OH is 1. The standard InChI is InChI=1S/C18H22N4O2/c1-2-24-17-8-6-14(7-9-17)11-20-13-21-18(19)22-16-5-3-4-15(10-16)12-23/h3-10,13,23H,2,11-12H2,1H3,(H3,19,20,21,22). The monoisotopic (exact) mass is 326 g/mol. The van der Waals surface area contributed by atoms with Crippen molar-refractivity contribution in [3.63, 3.8) is 0 Å². The zero-order valence-corrected chi connectivity index (χ0v) is 13.6. The topological polar surface area (TPSA) is 92.2 Å². The second-order valence-electron chi connectivity index (χ2n) is 5.03. The van der Waals surface area contributed by atoms with Crippen molar-refractivity contribution in [2.24, 2.45) is 15.7 Å². The Morgan fingerprint density at radius 2 is 2.00 bits per heavy atom. The number of aliphatic imine (C=N–C) groups is 2. The summed E-state index contributed by atoms with van der Waals surface area (Å²) in [5, 5.41) is 12.1. The van der Waals surface area contributed by atoms with E-state index >= 15 is 0 Å². The third kappa shape index (κ3) is 5.73. The van der Waals surface area contributed by atoms with E-state index < -0.39 is 0 Å². The quantitative estimate of drug-likeness (QED) is 0.538. The minimum Gasteiger partial charge on any atom is -0.494 e. The van der Waals surface area contributed by atoms with Gasteiger partial charge in [-0.2, -0.15) is 0 Å². The number of guanidine groups is 1. The highest BCUT2D eigenvalue weighted by Crippen LogP contribution is 2.12. The maximum atomic E-state index is 9.11. The summed E-state index contributed by atoms with van der Waals surface area (Å²) in [6, 6.07) is 15.1. The summed E-state index contributed by atoms with van der Waals surface area (Å²) in [4.78, 5) is 8.26. The number of benzene rings is 2. The summed E-state index contributed by atoms with van der Waals surface area (Å²) < 4.78 is 5.39. The van der Waals surface area contributed by atoms with Crippen LogP contribution < -0.4 is 15.8 Å². The van der Waals surface area contributed by atoms with Gasteiger partial charge in [0.25, 0.3) is 0 Å². The molecule has 0 spiro atoms. The molecule has 2 aromatic rings. The van der Waals surface area contributed by atoms with Gasteiger partial charge in [0.2, 0.25) is 0 Å². The molecule has 0 saturated heterocycles. The number of nitrogens with two attached hydrogens (primary N) is 1. The van der Waals surface area contributed by atoms with Gasteiger partial charge in [-0.25, -0.2) is 4.99 Å². The lowest BCUT2D eigenvalue weighted by Crippen LogP contribution is -2.22. The van der Waals surface area contributed by atoms with E-state index in [0.29, 0.717) is 13.2 Å². The number of aliphatic hydroxyl groups is 1. The molecule has 0 aliphatic heterocycles. The Morgan fingerprint density at radius 3 is 2.71 bits per heavy atom. The fourth-order valence-corrected chi connectivity index (χ4v) is 2.03. The Balaban J connectivity index is 1.85. The van der Waals surface area contributed by atoms with E-state index in [1.165, 1.54) is 6.34 Å². The zero-order valence-electron chi connectivity index (χ0n) is 13.6. The first-order valence-electron chi connectivity index (χ1n) is 7.71. The number of nitrogens with zero attached hydrogens (tertiary/aromatic N) is 2. The summed E-state index contributed by atoms with van der Waals surface area (Å²) in [5.41, 5.74) is 8.43. The number of rotatable bonds is 7. The molecule has 126 valence electrons. The highest BCUT2D eigenvalue weighted by atomic mass is 16.5. The van der Waals surface area contributed by atoms with Crippen molar-refractivity contribution in [2.45, 2.75) is 20.1 Å². The number of anilines is 1. The van der Waals surface area contributed by atoms with Gasteiger partial charge in [-0.3, -0.25) is 4.99 Å². The Hall–Kier alpha value is -2.86. The Kier molecular flexibility index (Phi) is 6.79. The van der Waals surface area contributed by atoms with Crippen LogP contribution in [-0.2, 0) is 13.2 Å². The lowest BCUT2D eigenvalue weighted by molar-refractivity contribution is 0.282. The maximum absolute atomic E-state index is 9.11. The van der Waals surface area contributed by atoms with E-state index in [1.54, 1.807) is 6.07 Å². The zero-order chi connectivity index (χ0) is 17.2. The second-order valence-corrected chi connectivity index (χ2v) is 5.03. The van der Waals surface area contributed by atoms with Crippen molar-refractivity contribution in [1.29, 1.82) is 0 Å². The van der Waals surface area contributed by atoms with Crippen LogP contribution in [0.4, 0.5) is 5.69 Å². The third-order valence-corrected chi connectivity index (χ3v) is 3.17. The molecule has 0 saturated carbocycles. The Morgan fingerprint density at radius 1 is 1.21 bits per heavy atom. The van der Waals surface area contributed by atoms with Crippen molar-refractivity contribution in [3.8, 4) is 5.75 Å². The van der Waals surface area contributed by atoms with E-state index in [2.05, 4.69) is 15.3 Å². The molecule has 0 amide bonds. The molecule has 0 unspecified atom stereocenters. The molecule has 6 nitrogen and oxygen atoms in total. The summed E-state index contributed by atoms with van der Waals surface area (Å²) in [7, 11) is 0. The summed E-state index contributed by atoms with van der Waals surface area (Å²) in [5.74, 6) is 1.09. The first-order chi connectivity index (χ1) is 11.7. The summed E-state index contributed by atoms with van der Waals surface area (Å²) in [6.07, 6.45) is 1.43. The molecule has 4 N–H and O–H groups in total. The highest BCUT2D eigenvalue weighted by Gasteiger charge is 1.96. The number of hydrogen-bond donors (Lipinski definition) is 3. The van der Waals surface area contributed by atoms with Crippen molar-refractivity contribution >= 4 is 18.0 Å². The minimum atomic E-state index is -0.0177. The molecule has 0 atom stereocenters. The van der Waals surface area contributed by atoms with Gasteiger partial charge in [-0.05, 0) is 42.3 Å². The molecule has 0 aromatic heterocycles. The molecule has 2 aromatic carbocycles. The van der Waals surface area contributed by atoms with Crippen LogP contribution in [0.5, 0.6) is 5.75 Å². The van der Waals surface area contributed by atoms with Crippen LogP contribution in [-0.4, -0.2) is 24.0 Å². The summed E-state index contributed by atoms with van der Waals surface area (Å²) in [6.45, 7) is 3.10. The molecule has 0 heterocycles. The molecule has 0 aliphatic carbocycles. The normalized spacial score (nSPS) is 11.7. The van der Waals surface area contributed by atoms with Crippen LogP contribution in [0, 0.1) is 0 Å². The Bertz CT molecular complexity index is 696. The van der Waals surface area contributed by atoms with Crippen molar-refractivity contribution in [2.75, 3.05) is 11.9 Å². The predicted molar refractivity (Wildman–Crippen MR) is 97.4 cm³/mol. The van der Waals surface area contributed by atoms with E-state index in [4.69, 9.17) is 15.6 Å². The molecule has 0 radical (unpaired) electrons. The summed E-state index contributed by atoms with van der Waals surface area (Å²) >= 11 is 0. The van der Waals surface area contributed by atoms with Gasteiger partial charge < -0.3 is 20.9 Å². The molecule has 2 rings (SSSR count). The Labute approximate surface area is 141 Å².